The van der Waals surface area contributed by atoms with Crippen LogP contribution in [0.1, 0.15) is 26.7 Å². The Hall–Kier alpha value is -1.83. The average molecular weight is 319 g/mol. The maximum Gasteiger partial charge on any atom is 0.422 e. The minimum Gasteiger partial charge on any atom is -0.468 e. The molecule has 5 nitrogen and oxygen atoms in total. The zero-order valence-corrected chi connectivity index (χ0v) is 12.5. The van der Waals surface area contributed by atoms with Gasteiger partial charge >= 0.3 is 6.18 Å². The number of carbonyl (C=O) groups is 1. The van der Waals surface area contributed by atoms with Crippen LogP contribution in [0.25, 0.3) is 0 Å². The largest absolute Gasteiger partial charge is 0.468 e. The van der Waals surface area contributed by atoms with Gasteiger partial charge in [-0.15, -0.1) is 0 Å². The molecule has 0 unspecified atom stereocenters. The highest BCUT2D eigenvalue weighted by atomic mass is 19.4. The number of nitrogens with one attached hydrogen (secondary N) is 1. The van der Waals surface area contributed by atoms with Gasteiger partial charge in [0.05, 0.1) is 17.3 Å². The van der Waals surface area contributed by atoms with E-state index in [1.165, 1.54) is 18.3 Å². The Morgan fingerprint density at radius 2 is 1.95 bits per heavy atom. The molecule has 0 fully saturated rings. The summed E-state index contributed by atoms with van der Waals surface area (Å²) in [4.78, 5) is 16.0. The molecule has 1 heterocycles. The van der Waals surface area contributed by atoms with E-state index in [0.29, 0.717) is 18.5 Å². The van der Waals surface area contributed by atoms with Crippen molar-refractivity contribution >= 4 is 11.6 Å². The molecule has 0 bridgehead atoms. The first kappa shape index (κ1) is 18.2. The lowest BCUT2D eigenvalue weighted by Gasteiger charge is -2.28. The van der Waals surface area contributed by atoms with Crippen LogP contribution < -0.4 is 15.8 Å². The lowest BCUT2D eigenvalue weighted by atomic mass is 9.81. The molecule has 0 radical (unpaired) electrons. The summed E-state index contributed by atoms with van der Waals surface area (Å²) in [6, 6.07) is 2.70. The Bertz CT molecular complexity index is 477. The summed E-state index contributed by atoms with van der Waals surface area (Å²) in [7, 11) is 0. The van der Waals surface area contributed by atoms with E-state index >= 15 is 0 Å². The van der Waals surface area contributed by atoms with Crippen molar-refractivity contribution in [1.82, 2.24) is 4.98 Å². The molecular formula is C14H20F3N3O2. The second-order valence-electron chi connectivity index (χ2n) is 4.93. The van der Waals surface area contributed by atoms with Gasteiger partial charge in [0.15, 0.2) is 6.61 Å². The monoisotopic (exact) mass is 319 g/mol. The molecular weight excluding hydrogens is 299 g/mol. The third kappa shape index (κ3) is 4.87. The van der Waals surface area contributed by atoms with Crippen LogP contribution in [0.2, 0.25) is 0 Å². The Kier molecular flexibility index (Phi) is 6.16. The minimum atomic E-state index is -4.42. The molecule has 0 aromatic carbocycles. The van der Waals surface area contributed by atoms with Gasteiger partial charge in [0.1, 0.15) is 0 Å². The van der Waals surface area contributed by atoms with Crippen molar-refractivity contribution in [3.63, 3.8) is 0 Å². The highest BCUT2D eigenvalue weighted by molar-refractivity contribution is 5.95. The van der Waals surface area contributed by atoms with Crippen LogP contribution in [-0.4, -0.2) is 30.2 Å². The van der Waals surface area contributed by atoms with E-state index in [2.05, 4.69) is 15.0 Å². The Balaban J connectivity index is 2.70. The average Bonchev–Trinajstić information content (AvgIpc) is 2.48. The molecule has 1 aromatic rings. The van der Waals surface area contributed by atoms with Crippen LogP contribution in [0.3, 0.4) is 0 Å². The summed E-state index contributed by atoms with van der Waals surface area (Å²) in [5, 5.41) is 2.68. The van der Waals surface area contributed by atoms with E-state index in [-0.39, 0.29) is 18.3 Å². The number of hydrogen-bond donors (Lipinski definition) is 2. The quantitative estimate of drug-likeness (QED) is 0.810. The molecule has 1 rings (SSSR count). The van der Waals surface area contributed by atoms with Crippen LogP contribution in [-0.2, 0) is 4.79 Å². The van der Waals surface area contributed by atoms with E-state index < -0.39 is 18.2 Å². The predicted molar refractivity (Wildman–Crippen MR) is 76.5 cm³/mol. The van der Waals surface area contributed by atoms with Gasteiger partial charge in [-0.05, 0) is 18.9 Å². The number of nitrogens with zero attached hydrogens (tertiary/aromatic N) is 1. The number of anilines is 1. The van der Waals surface area contributed by atoms with Gasteiger partial charge < -0.3 is 15.8 Å². The third-order valence-corrected chi connectivity index (χ3v) is 3.60. The summed E-state index contributed by atoms with van der Waals surface area (Å²) in [5.74, 6) is -0.392. The Labute approximate surface area is 127 Å². The van der Waals surface area contributed by atoms with Crippen molar-refractivity contribution in [1.29, 1.82) is 0 Å². The van der Waals surface area contributed by atoms with Crippen LogP contribution in [0.15, 0.2) is 18.3 Å². The molecule has 0 aliphatic carbocycles. The first-order valence-corrected chi connectivity index (χ1v) is 6.93. The lowest BCUT2D eigenvalue weighted by Crippen LogP contribution is -2.41. The predicted octanol–water partition coefficient (Wildman–Crippen LogP) is 2.73. The summed E-state index contributed by atoms with van der Waals surface area (Å²) >= 11 is 0. The maximum atomic E-state index is 12.3. The zero-order valence-electron chi connectivity index (χ0n) is 12.5. The van der Waals surface area contributed by atoms with Crippen molar-refractivity contribution in [3.8, 4) is 5.88 Å². The first-order chi connectivity index (χ1) is 10.3. The van der Waals surface area contributed by atoms with Crippen molar-refractivity contribution in [3.05, 3.63) is 18.3 Å². The number of rotatable bonds is 7. The van der Waals surface area contributed by atoms with Gasteiger partial charge in [0.2, 0.25) is 11.8 Å². The number of alkyl halides is 3. The molecule has 0 aliphatic rings. The van der Waals surface area contributed by atoms with Crippen LogP contribution >= 0.6 is 0 Å². The maximum absolute atomic E-state index is 12.3. The molecule has 3 N–H and O–H groups in total. The van der Waals surface area contributed by atoms with Gasteiger partial charge in [0, 0.05) is 12.6 Å². The van der Waals surface area contributed by atoms with E-state index in [1.807, 2.05) is 13.8 Å². The molecule has 1 aromatic heterocycles. The Morgan fingerprint density at radius 1 is 1.32 bits per heavy atom. The highest BCUT2D eigenvalue weighted by Gasteiger charge is 2.33. The van der Waals surface area contributed by atoms with Crippen molar-refractivity contribution < 1.29 is 22.7 Å². The molecule has 0 aliphatic heterocycles. The lowest BCUT2D eigenvalue weighted by molar-refractivity contribution is -0.154. The molecule has 22 heavy (non-hydrogen) atoms. The van der Waals surface area contributed by atoms with Crippen molar-refractivity contribution in [2.24, 2.45) is 11.1 Å². The van der Waals surface area contributed by atoms with Gasteiger partial charge in [-0.2, -0.15) is 13.2 Å². The van der Waals surface area contributed by atoms with E-state index in [9.17, 15) is 18.0 Å². The highest BCUT2D eigenvalue weighted by Crippen LogP contribution is 2.27. The van der Waals surface area contributed by atoms with Crippen LogP contribution in [0, 0.1) is 5.41 Å². The summed E-state index contributed by atoms with van der Waals surface area (Å²) in [6.07, 6.45) is -1.99. The number of nitrogens with two attached hydrogens (primary N) is 1. The van der Waals surface area contributed by atoms with Gasteiger partial charge in [0.25, 0.3) is 0 Å². The van der Waals surface area contributed by atoms with Gasteiger partial charge in [-0.3, -0.25) is 4.79 Å². The first-order valence-electron chi connectivity index (χ1n) is 6.93. The molecule has 124 valence electrons. The summed E-state index contributed by atoms with van der Waals surface area (Å²) in [6.45, 7) is 2.56. The number of pyridine rings is 1. The molecule has 0 saturated carbocycles. The SMILES string of the molecule is CCC(CC)(CN)C(=O)Nc1ccc(OCC(F)(F)F)nc1. The fourth-order valence-electron chi connectivity index (χ4n) is 1.91. The normalized spacial score (nSPS) is 12.1. The van der Waals surface area contributed by atoms with E-state index in [0.717, 1.165) is 0 Å². The van der Waals surface area contributed by atoms with E-state index in [4.69, 9.17) is 5.73 Å². The van der Waals surface area contributed by atoms with Crippen LogP contribution in [0.5, 0.6) is 5.88 Å². The number of aromatic nitrogens is 1. The smallest absolute Gasteiger partial charge is 0.422 e. The second-order valence-corrected chi connectivity index (χ2v) is 4.93. The molecule has 1 amide bonds. The fraction of sp³-hybridized carbons (Fsp3) is 0.571. The topological polar surface area (TPSA) is 77.2 Å². The second kappa shape index (κ2) is 7.44. The molecule has 0 spiro atoms. The molecule has 0 saturated heterocycles. The zero-order chi connectivity index (χ0) is 16.8. The summed E-state index contributed by atoms with van der Waals surface area (Å²) in [5.41, 5.74) is 5.40. The third-order valence-electron chi connectivity index (χ3n) is 3.60. The van der Waals surface area contributed by atoms with E-state index in [1.54, 1.807) is 0 Å². The van der Waals surface area contributed by atoms with Crippen LogP contribution in [0.4, 0.5) is 18.9 Å². The molecule has 8 heteroatoms. The summed E-state index contributed by atoms with van der Waals surface area (Å²) < 4.78 is 40.5. The number of ether oxygens (including phenoxy) is 1. The standard InChI is InChI=1S/C14H20F3N3O2/c1-3-13(4-2,8-18)12(21)20-10-5-6-11(19-7-10)22-9-14(15,16)17/h5-7H,3-4,8-9,18H2,1-2H3,(H,20,21). The minimum absolute atomic E-state index is 0.161. The number of halogens is 3. The Morgan fingerprint density at radius 3 is 2.36 bits per heavy atom. The van der Waals surface area contributed by atoms with Crippen molar-refractivity contribution in [2.75, 3.05) is 18.5 Å². The number of hydrogen-bond acceptors (Lipinski definition) is 4. The molecule has 0 atom stereocenters. The fourth-order valence-corrected chi connectivity index (χ4v) is 1.91. The van der Waals surface area contributed by atoms with Gasteiger partial charge in [-0.25, -0.2) is 4.98 Å². The number of amides is 1. The number of carbonyl (C=O) groups excluding carboxylic acids is 1. The van der Waals surface area contributed by atoms with Crippen molar-refractivity contribution in [2.45, 2.75) is 32.9 Å². The van der Waals surface area contributed by atoms with Gasteiger partial charge in [-0.1, -0.05) is 13.8 Å².